The maximum absolute atomic E-state index is 12.3. The molecule has 1 saturated carbocycles. The summed E-state index contributed by atoms with van der Waals surface area (Å²) in [6.45, 7) is 7.98. The molecule has 1 fully saturated rings. The van der Waals surface area contributed by atoms with Crippen molar-refractivity contribution >= 4 is 21.9 Å². The normalized spacial score (nSPS) is 26.7. The van der Waals surface area contributed by atoms with Gasteiger partial charge in [-0.05, 0) is 37.1 Å². The van der Waals surface area contributed by atoms with Crippen molar-refractivity contribution in [2.45, 2.75) is 33.6 Å². The van der Waals surface area contributed by atoms with Gasteiger partial charge in [0.25, 0.3) is 0 Å². The number of aryl methyl sites for hydroxylation is 1. The lowest BCUT2D eigenvalue weighted by molar-refractivity contribution is -0.148. The van der Waals surface area contributed by atoms with Gasteiger partial charge in [-0.3, -0.25) is 4.79 Å². The molecular formula is C16H18BrNO2. The number of halogens is 1. The zero-order chi connectivity index (χ0) is 15.1. The van der Waals surface area contributed by atoms with Crippen molar-refractivity contribution in [1.82, 2.24) is 0 Å². The second-order valence-electron chi connectivity index (χ2n) is 5.80. The maximum atomic E-state index is 12.3. The first-order chi connectivity index (χ1) is 9.32. The molecule has 0 saturated heterocycles. The number of hydrogen-bond donors (Lipinski definition) is 0. The van der Waals surface area contributed by atoms with Crippen LogP contribution in [0.2, 0.25) is 0 Å². The predicted molar refractivity (Wildman–Crippen MR) is 80.1 cm³/mol. The summed E-state index contributed by atoms with van der Waals surface area (Å²) in [5, 5.41) is 9.61. The number of rotatable bonds is 3. The molecule has 0 spiro atoms. The molecule has 2 atom stereocenters. The molecule has 20 heavy (non-hydrogen) atoms. The van der Waals surface area contributed by atoms with Gasteiger partial charge in [-0.2, -0.15) is 5.26 Å². The van der Waals surface area contributed by atoms with Crippen LogP contribution in [0.5, 0.6) is 0 Å². The van der Waals surface area contributed by atoms with Crippen LogP contribution in [0.25, 0.3) is 0 Å². The van der Waals surface area contributed by atoms with Gasteiger partial charge in [0.05, 0.1) is 12.7 Å². The van der Waals surface area contributed by atoms with E-state index >= 15 is 0 Å². The van der Waals surface area contributed by atoms with Crippen molar-refractivity contribution in [3.8, 4) is 6.07 Å². The summed E-state index contributed by atoms with van der Waals surface area (Å²) in [7, 11) is 0. The number of hydrogen-bond acceptors (Lipinski definition) is 3. The van der Waals surface area contributed by atoms with Gasteiger partial charge >= 0.3 is 5.97 Å². The quantitative estimate of drug-likeness (QED) is 0.785. The molecule has 0 N–H and O–H groups in total. The fraction of sp³-hybridized carbons (Fsp3) is 0.500. The van der Waals surface area contributed by atoms with Gasteiger partial charge in [0.15, 0.2) is 5.41 Å². The van der Waals surface area contributed by atoms with Crippen molar-refractivity contribution in [2.75, 3.05) is 6.61 Å². The fourth-order valence-electron chi connectivity index (χ4n) is 3.23. The molecule has 0 aliphatic heterocycles. The summed E-state index contributed by atoms with van der Waals surface area (Å²) in [6.07, 6.45) is 0. The fourth-order valence-corrected chi connectivity index (χ4v) is 3.70. The lowest BCUT2D eigenvalue weighted by Crippen LogP contribution is -2.23. The van der Waals surface area contributed by atoms with Crippen LogP contribution in [-0.4, -0.2) is 12.6 Å². The number of benzene rings is 1. The second-order valence-corrected chi connectivity index (χ2v) is 6.71. The van der Waals surface area contributed by atoms with E-state index in [1.165, 1.54) is 0 Å². The molecule has 1 aliphatic carbocycles. The highest BCUT2D eigenvalue weighted by Crippen LogP contribution is 2.74. The average Bonchev–Trinajstić information content (AvgIpc) is 2.87. The highest BCUT2D eigenvalue weighted by Gasteiger charge is 2.78. The Morgan fingerprint density at radius 3 is 2.65 bits per heavy atom. The minimum Gasteiger partial charge on any atom is -0.465 e. The average molecular weight is 336 g/mol. The van der Waals surface area contributed by atoms with Gasteiger partial charge in [0.2, 0.25) is 0 Å². The molecule has 0 bridgehead atoms. The third-order valence-corrected chi connectivity index (χ3v) is 4.90. The van der Waals surface area contributed by atoms with Gasteiger partial charge in [0.1, 0.15) is 0 Å². The van der Waals surface area contributed by atoms with E-state index in [1.807, 2.05) is 39.0 Å². The third kappa shape index (κ3) is 1.88. The molecule has 0 unspecified atom stereocenters. The minimum atomic E-state index is -1.07. The minimum absolute atomic E-state index is 0.118. The molecule has 3 nitrogen and oxygen atoms in total. The Morgan fingerprint density at radius 2 is 2.15 bits per heavy atom. The summed E-state index contributed by atoms with van der Waals surface area (Å²) in [4.78, 5) is 12.3. The number of nitrogens with zero attached hydrogens (tertiary/aromatic N) is 1. The summed E-state index contributed by atoms with van der Waals surface area (Å²) < 4.78 is 6.14. The lowest BCUT2D eigenvalue weighted by Gasteiger charge is -2.10. The number of carbonyl (C=O) groups is 1. The van der Waals surface area contributed by atoms with Crippen LogP contribution in [0.1, 0.15) is 37.8 Å². The van der Waals surface area contributed by atoms with E-state index < -0.39 is 16.8 Å². The topological polar surface area (TPSA) is 50.1 Å². The molecule has 2 rings (SSSR count). The highest BCUT2D eigenvalue weighted by atomic mass is 79.9. The molecule has 0 radical (unpaired) electrons. The van der Waals surface area contributed by atoms with Gasteiger partial charge in [-0.15, -0.1) is 0 Å². The standard InChI is InChI=1S/C16H18BrNO2/c1-5-20-14(19)16(9-18)13(15(16,3)4)12-7-6-11(17)8-10(12)2/h6-8,13H,5H2,1-4H3/t13-,16-/m0/s1. The van der Waals surface area contributed by atoms with Gasteiger partial charge in [-0.25, -0.2) is 0 Å². The highest BCUT2D eigenvalue weighted by molar-refractivity contribution is 9.10. The number of carbonyl (C=O) groups excluding carboxylic acids is 1. The first-order valence-corrected chi connectivity index (χ1v) is 7.46. The summed E-state index contributed by atoms with van der Waals surface area (Å²) in [6, 6.07) is 8.18. The SMILES string of the molecule is CCOC(=O)[C@]1(C#N)[C@@H](c2ccc(Br)cc2C)C1(C)C. The van der Waals surface area contributed by atoms with Gasteiger partial charge < -0.3 is 4.74 Å². The molecular weight excluding hydrogens is 318 g/mol. The first kappa shape index (κ1) is 15.1. The van der Waals surface area contributed by atoms with E-state index in [-0.39, 0.29) is 5.92 Å². The van der Waals surface area contributed by atoms with Crippen LogP contribution in [0.3, 0.4) is 0 Å². The third-order valence-electron chi connectivity index (χ3n) is 4.40. The monoisotopic (exact) mass is 335 g/mol. The predicted octanol–water partition coefficient (Wildman–Crippen LogP) is 3.95. The van der Waals surface area contributed by atoms with Crippen LogP contribution in [0, 0.1) is 29.1 Å². The molecule has 0 aromatic heterocycles. The summed E-state index contributed by atoms with van der Waals surface area (Å²) >= 11 is 3.44. The van der Waals surface area contributed by atoms with Crippen molar-refractivity contribution in [3.63, 3.8) is 0 Å². The van der Waals surface area contributed by atoms with Crippen LogP contribution < -0.4 is 0 Å². The van der Waals surface area contributed by atoms with E-state index in [9.17, 15) is 10.1 Å². The number of nitriles is 1. The lowest BCUT2D eigenvalue weighted by atomic mass is 9.97. The van der Waals surface area contributed by atoms with Crippen LogP contribution in [-0.2, 0) is 9.53 Å². The smallest absolute Gasteiger partial charge is 0.327 e. The van der Waals surface area contributed by atoms with E-state index in [1.54, 1.807) is 6.92 Å². The van der Waals surface area contributed by atoms with Crippen LogP contribution >= 0.6 is 15.9 Å². The Hall–Kier alpha value is -1.34. The first-order valence-electron chi connectivity index (χ1n) is 6.67. The largest absolute Gasteiger partial charge is 0.465 e. The van der Waals surface area contributed by atoms with Gasteiger partial charge in [0, 0.05) is 15.8 Å². The van der Waals surface area contributed by atoms with Crippen molar-refractivity contribution < 1.29 is 9.53 Å². The molecule has 1 aliphatic rings. The molecule has 0 amide bonds. The Labute approximate surface area is 128 Å². The molecule has 1 aromatic rings. The van der Waals surface area contributed by atoms with Crippen LogP contribution in [0.4, 0.5) is 0 Å². The molecule has 0 heterocycles. The van der Waals surface area contributed by atoms with E-state index in [4.69, 9.17) is 4.74 Å². The maximum Gasteiger partial charge on any atom is 0.327 e. The van der Waals surface area contributed by atoms with Crippen molar-refractivity contribution in [2.24, 2.45) is 10.8 Å². The van der Waals surface area contributed by atoms with Gasteiger partial charge in [-0.1, -0.05) is 35.8 Å². The Kier molecular flexibility index (Phi) is 3.68. The van der Waals surface area contributed by atoms with E-state index in [2.05, 4.69) is 22.0 Å². The Balaban J connectivity index is 2.48. The summed E-state index contributed by atoms with van der Waals surface area (Å²) in [5.41, 5.74) is 0.653. The van der Waals surface area contributed by atoms with Crippen LogP contribution in [0.15, 0.2) is 22.7 Å². The molecule has 106 valence electrons. The number of esters is 1. The molecule has 4 heteroatoms. The summed E-state index contributed by atoms with van der Waals surface area (Å²) in [5.74, 6) is -0.521. The molecule has 1 aromatic carbocycles. The zero-order valence-corrected chi connectivity index (χ0v) is 13.7. The zero-order valence-electron chi connectivity index (χ0n) is 12.2. The van der Waals surface area contributed by atoms with E-state index in [0.717, 1.165) is 15.6 Å². The Bertz CT molecular complexity index is 603. The Morgan fingerprint density at radius 1 is 1.50 bits per heavy atom. The van der Waals surface area contributed by atoms with Crippen molar-refractivity contribution in [3.05, 3.63) is 33.8 Å². The second kappa shape index (κ2) is 4.89. The van der Waals surface area contributed by atoms with E-state index in [0.29, 0.717) is 6.61 Å². The van der Waals surface area contributed by atoms with Crippen molar-refractivity contribution in [1.29, 1.82) is 5.26 Å². The number of ether oxygens (including phenoxy) is 1.